The van der Waals surface area contributed by atoms with Gasteiger partial charge in [-0.05, 0) is 55.3 Å². The van der Waals surface area contributed by atoms with Crippen molar-refractivity contribution in [2.75, 3.05) is 49.6 Å². The molecule has 2 fully saturated rings. The van der Waals surface area contributed by atoms with Gasteiger partial charge < -0.3 is 15.0 Å². The number of hydrogen-bond donors (Lipinski definition) is 1. The zero-order valence-corrected chi connectivity index (χ0v) is 19.8. The predicted octanol–water partition coefficient (Wildman–Crippen LogP) is 3.56. The van der Waals surface area contributed by atoms with Gasteiger partial charge in [0.1, 0.15) is 0 Å². The van der Waals surface area contributed by atoms with E-state index in [1.807, 2.05) is 18.2 Å². The fourth-order valence-corrected chi connectivity index (χ4v) is 6.69. The van der Waals surface area contributed by atoms with Gasteiger partial charge in [0.05, 0.1) is 28.3 Å². The molecule has 3 heterocycles. The summed E-state index contributed by atoms with van der Waals surface area (Å²) in [5, 5.41) is 3.87. The second-order valence-electron chi connectivity index (χ2n) is 8.22. The molecule has 0 atom stereocenters. The largest absolute Gasteiger partial charge is 0.378 e. The lowest BCUT2D eigenvalue weighted by atomic mass is 10.2. The Kier molecular flexibility index (Phi) is 6.33. The number of nitrogens with zero attached hydrogens (tertiary/aromatic N) is 3. The summed E-state index contributed by atoms with van der Waals surface area (Å²) >= 11 is 1.60. The number of hydrogen-bond acceptors (Lipinski definition) is 7. The number of ether oxygens (including phenoxy) is 1. The molecule has 0 spiro atoms. The van der Waals surface area contributed by atoms with Crippen LogP contribution in [0.25, 0.3) is 10.2 Å². The first-order chi connectivity index (χ1) is 16.0. The lowest BCUT2D eigenvalue weighted by Crippen LogP contribution is -2.36. The van der Waals surface area contributed by atoms with Crippen molar-refractivity contribution < 1.29 is 17.9 Å². The molecule has 5 rings (SSSR count). The van der Waals surface area contributed by atoms with Gasteiger partial charge in [-0.1, -0.05) is 17.8 Å². The van der Waals surface area contributed by atoms with Crippen LogP contribution < -0.4 is 10.2 Å². The van der Waals surface area contributed by atoms with Crippen LogP contribution in [0, 0.1) is 0 Å². The van der Waals surface area contributed by atoms with Crippen molar-refractivity contribution in [2.45, 2.75) is 24.2 Å². The first kappa shape index (κ1) is 22.3. The molecule has 1 N–H and O–H groups in total. The topological polar surface area (TPSA) is 91.8 Å². The number of piperidine rings is 1. The monoisotopic (exact) mass is 486 g/mol. The van der Waals surface area contributed by atoms with Crippen molar-refractivity contribution >= 4 is 48.3 Å². The second-order valence-corrected chi connectivity index (χ2v) is 11.2. The van der Waals surface area contributed by atoms with Crippen molar-refractivity contribution in [1.82, 2.24) is 9.29 Å². The van der Waals surface area contributed by atoms with Crippen molar-refractivity contribution in [3.8, 4) is 0 Å². The van der Waals surface area contributed by atoms with Crippen LogP contribution in [0.2, 0.25) is 0 Å². The van der Waals surface area contributed by atoms with E-state index in [4.69, 9.17) is 9.72 Å². The van der Waals surface area contributed by atoms with E-state index < -0.39 is 10.0 Å². The van der Waals surface area contributed by atoms with E-state index in [0.29, 0.717) is 37.6 Å². The van der Waals surface area contributed by atoms with Crippen molar-refractivity contribution in [3.05, 3.63) is 48.0 Å². The maximum atomic E-state index is 12.8. The van der Waals surface area contributed by atoms with Crippen molar-refractivity contribution in [3.63, 3.8) is 0 Å². The number of amides is 1. The predicted molar refractivity (Wildman–Crippen MR) is 130 cm³/mol. The summed E-state index contributed by atoms with van der Waals surface area (Å²) in [6.07, 6.45) is 2.84. The zero-order valence-electron chi connectivity index (χ0n) is 18.2. The normalized spacial score (nSPS) is 17.9. The third-order valence-corrected chi connectivity index (χ3v) is 8.98. The molecule has 2 saturated heterocycles. The van der Waals surface area contributed by atoms with Gasteiger partial charge in [-0.15, -0.1) is 0 Å². The highest BCUT2D eigenvalue weighted by Gasteiger charge is 2.26. The first-order valence-corrected chi connectivity index (χ1v) is 13.4. The molecule has 0 saturated carbocycles. The Bertz CT molecular complexity index is 1250. The Balaban J connectivity index is 1.28. The molecule has 2 aliphatic heterocycles. The molecule has 0 aliphatic carbocycles. The average Bonchev–Trinajstić information content (AvgIpc) is 3.29. The highest BCUT2D eigenvalue weighted by atomic mass is 32.2. The molecule has 0 bridgehead atoms. The van der Waals surface area contributed by atoms with E-state index in [1.54, 1.807) is 23.5 Å². The maximum absolute atomic E-state index is 12.8. The first-order valence-electron chi connectivity index (χ1n) is 11.2. The molecule has 1 amide bonds. The molecule has 2 aromatic carbocycles. The summed E-state index contributed by atoms with van der Waals surface area (Å²) in [5.41, 5.74) is 1.98. The van der Waals surface area contributed by atoms with Gasteiger partial charge in [0, 0.05) is 37.4 Å². The molecule has 33 heavy (non-hydrogen) atoms. The van der Waals surface area contributed by atoms with Gasteiger partial charge in [-0.3, -0.25) is 4.79 Å². The van der Waals surface area contributed by atoms with Crippen LogP contribution >= 0.6 is 11.3 Å². The lowest BCUT2D eigenvalue weighted by Gasteiger charge is -2.25. The molecule has 2 aliphatic rings. The Hall–Kier alpha value is -2.53. The van der Waals surface area contributed by atoms with Gasteiger partial charge in [0.2, 0.25) is 10.0 Å². The van der Waals surface area contributed by atoms with Crippen LogP contribution in [0.5, 0.6) is 0 Å². The standard InChI is InChI=1S/C23H26N4O4S2/c28-22(17-4-7-19(8-5-17)33(29,30)27-10-2-1-3-11-27)24-18-6-9-20-21(16-18)32-23(25-20)26-12-14-31-15-13-26/h4-9,16H,1-3,10-15H2,(H,24,28). The van der Waals surface area contributed by atoms with E-state index in [9.17, 15) is 13.2 Å². The van der Waals surface area contributed by atoms with Gasteiger partial charge in [-0.2, -0.15) is 4.31 Å². The number of rotatable bonds is 5. The van der Waals surface area contributed by atoms with Gasteiger partial charge >= 0.3 is 0 Å². The molecule has 0 unspecified atom stereocenters. The number of aromatic nitrogens is 1. The summed E-state index contributed by atoms with van der Waals surface area (Å²) in [6.45, 7) is 4.17. The summed E-state index contributed by atoms with van der Waals surface area (Å²) in [7, 11) is -3.51. The fraction of sp³-hybridized carbons (Fsp3) is 0.391. The zero-order chi connectivity index (χ0) is 22.8. The third kappa shape index (κ3) is 4.74. The molecule has 3 aromatic rings. The van der Waals surface area contributed by atoms with Gasteiger partial charge in [0.15, 0.2) is 5.13 Å². The Morgan fingerprint density at radius 3 is 2.42 bits per heavy atom. The Morgan fingerprint density at radius 2 is 1.70 bits per heavy atom. The SMILES string of the molecule is O=C(Nc1ccc2nc(N3CCOCC3)sc2c1)c1ccc(S(=O)(=O)N2CCCCC2)cc1. The van der Waals surface area contributed by atoms with E-state index in [2.05, 4.69) is 10.2 Å². The van der Waals surface area contributed by atoms with Gasteiger partial charge in [-0.25, -0.2) is 13.4 Å². The van der Waals surface area contributed by atoms with Crippen LogP contribution in [0.4, 0.5) is 10.8 Å². The summed E-state index contributed by atoms with van der Waals surface area (Å²) in [5.74, 6) is -0.283. The number of nitrogens with one attached hydrogen (secondary N) is 1. The van der Waals surface area contributed by atoms with E-state index in [-0.39, 0.29) is 10.8 Å². The fourth-order valence-electron chi connectivity index (χ4n) is 4.12. The summed E-state index contributed by atoms with van der Waals surface area (Å²) in [4.78, 5) is 19.9. The highest BCUT2D eigenvalue weighted by molar-refractivity contribution is 7.89. The third-order valence-electron chi connectivity index (χ3n) is 5.99. The van der Waals surface area contributed by atoms with Crippen LogP contribution in [0.15, 0.2) is 47.4 Å². The minimum atomic E-state index is -3.51. The van der Waals surface area contributed by atoms with E-state index in [1.165, 1.54) is 16.4 Å². The highest BCUT2D eigenvalue weighted by Crippen LogP contribution is 2.31. The summed E-state index contributed by atoms with van der Waals surface area (Å²) in [6, 6.07) is 11.8. The molecular formula is C23H26N4O4S2. The van der Waals surface area contributed by atoms with E-state index >= 15 is 0 Å². The maximum Gasteiger partial charge on any atom is 0.255 e. The number of anilines is 2. The number of thiazole rings is 1. The number of carbonyl (C=O) groups is 1. The minimum Gasteiger partial charge on any atom is -0.378 e. The number of morpholine rings is 1. The molecule has 8 nitrogen and oxygen atoms in total. The molecule has 10 heteroatoms. The molecular weight excluding hydrogens is 460 g/mol. The number of sulfonamides is 1. The van der Waals surface area contributed by atoms with Crippen LogP contribution in [0.3, 0.4) is 0 Å². The Morgan fingerprint density at radius 1 is 0.970 bits per heavy atom. The van der Waals surface area contributed by atoms with E-state index in [0.717, 1.165) is 47.7 Å². The number of carbonyl (C=O) groups excluding carboxylic acids is 1. The molecule has 0 radical (unpaired) electrons. The van der Waals surface area contributed by atoms with Gasteiger partial charge in [0.25, 0.3) is 5.91 Å². The minimum absolute atomic E-state index is 0.225. The van der Waals surface area contributed by atoms with Crippen LogP contribution in [-0.2, 0) is 14.8 Å². The number of fused-ring (bicyclic) bond motifs is 1. The second kappa shape index (κ2) is 9.38. The smallest absolute Gasteiger partial charge is 0.255 e. The molecule has 1 aromatic heterocycles. The van der Waals surface area contributed by atoms with Crippen molar-refractivity contribution in [1.29, 1.82) is 0 Å². The number of benzene rings is 2. The van der Waals surface area contributed by atoms with Crippen molar-refractivity contribution in [2.24, 2.45) is 0 Å². The quantitative estimate of drug-likeness (QED) is 0.593. The van der Waals surface area contributed by atoms with Crippen LogP contribution in [0.1, 0.15) is 29.6 Å². The molecule has 174 valence electrons. The average molecular weight is 487 g/mol. The van der Waals surface area contributed by atoms with Crippen LogP contribution in [-0.4, -0.2) is 63.0 Å². The summed E-state index contributed by atoms with van der Waals surface area (Å²) < 4.78 is 33.6. The Labute approximate surface area is 197 Å². The lowest BCUT2D eigenvalue weighted by molar-refractivity contribution is 0.102.